The average Bonchev–Trinajstić information content (AvgIpc) is 3.13. The van der Waals surface area contributed by atoms with Crippen molar-refractivity contribution in [1.29, 1.82) is 0 Å². The van der Waals surface area contributed by atoms with Crippen LogP contribution in [-0.2, 0) is 0 Å². The van der Waals surface area contributed by atoms with Crippen molar-refractivity contribution in [2.45, 2.75) is 19.8 Å². The van der Waals surface area contributed by atoms with Crippen LogP contribution in [0.1, 0.15) is 30.1 Å². The predicted octanol–water partition coefficient (Wildman–Crippen LogP) is 1.56. The normalized spacial score (nSPS) is 15.7. The standard InChI is InChI=1S/C12H16N4O3/c1-12(3-4-12)7-15-11(17)8-5-10(13-2)14-6-9(8)16(18)19/h5-6H,3-4,7H2,1-2H3,(H,13,14)(H,15,17). The third-order valence-corrected chi connectivity index (χ3v) is 3.36. The van der Waals surface area contributed by atoms with E-state index in [4.69, 9.17) is 0 Å². The molecule has 2 N–H and O–H groups in total. The maximum absolute atomic E-state index is 12.0. The Morgan fingerprint density at radius 3 is 2.79 bits per heavy atom. The molecule has 0 spiro atoms. The number of hydrogen-bond acceptors (Lipinski definition) is 5. The van der Waals surface area contributed by atoms with Crippen molar-refractivity contribution in [1.82, 2.24) is 10.3 Å². The van der Waals surface area contributed by atoms with Crippen LogP contribution in [-0.4, -0.2) is 29.4 Å². The Kier molecular flexibility index (Phi) is 3.37. The molecular weight excluding hydrogens is 248 g/mol. The van der Waals surface area contributed by atoms with Crippen molar-refractivity contribution in [3.8, 4) is 0 Å². The molecule has 0 aliphatic heterocycles. The van der Waals surface area contributed by atoms with Crippen molar-refractivity contribution in [2.75, 3.05) is 18.9 Å². The lowest BCUT2D eigenvalue weighted by molar-refractivity contribution is -0.385. The summed E-state index contributed by atoms with van der Waals surface area (Å²) in [5.41, 5.74) is -0.0883. The summed E-state index contributed by atoms with van der Waals surface area (Å²) < 4.78 is 0. The largest absolute Gasteiger partial charge is 0.373 e. The number of pyridine rings is 1. The van der Waals surface area contributed by atoms with Crippen LogP contribution >= 0.6 is 0 Å². The summed E-state index contributed by atoms with van der Waals surface area (Å²) in [6.45, 7) is 2.62. The molecule has 7 heteroatoms. The monoisotopic (exact) mass is 264 g/mol. The van der Waals surface area contributed by atoms with Crippen LogP contribution < -0.4 is 10.6 Å². The van der Waals surface area contributed by atoms with E-state index in [2.05, 4.69) is 22.5 Å². The van der Waals surface area contributed by atoms with Gasteiger partial charge in [-0.05, 0) is 18.3 Å². The summed E-state index contributed by atoms with van der Waals surface area (Å²) in [5, 5.41) is 16.4. The van der Waals surface area contributed by atoms with E-state index in [0.29, 0.717) is 12.4 Å². The second kappa shape index (κ2) is 4.83. The number of nitrogens with one attached hydrogen (secondary N) is 2. The van der Waals surface area contributed by atoms with E-state index in [1.165, 1.54) is 6.07 Å². The van der Waals surface area contributed by atoms with Crippen molar-refractivity contribution < 1.29 is 9.72 Å². The zero-order valence-electron chi connectivity index (χ0n) is 10.9. The number of aromatic nitrogens is 1. The van der Waals surface area contributed by atoms with E-state index in [9.17, 15) is 14.9 Å². The summed E-state index contributed by atoms with van der Waals surface area (Å²) in [6, 6.07) is 1.39. The van der Waals surface area contributed by atoms with Crippen LogP contribution in [0.2, 0.25) is 0 Å². The SMILES string of the molecule is CNc1cc(C(=O)NCC2(C)CC2)c([N+](=O)[O-])cn1. The van der Waals surface area contributed by atoms with Crippen LogP contribution in [0.15, 0.2) is 12.3 Å². The first-order chi connectivity index (χ1) is 8.95. The maximum Gasteiger partial charge on any atom is 0.300 e. The fourth-order valence-electron chi connectivity index (χ4n) is 1.69. The first-order valence-corrected chi connectivity index (χ1v) is 6.05. The fourth-order valence-corrected chi connectivity index (χ4v) is 1.69. The number of nitro groups is 1. The van der Waals surface area contributed by atoms with Crippen LogP contribution in [0.3, 0.4) is 0 Å². The molecule has 102 valence electrons. The number of anilines is 1. The summed E-state index contributed by atoms with van der Waals surface area (Å²) in [5.74, 6) is -0.00731. The summed E-state index contributed by atoms with van der Waals surface area (Å²) in [4.78, 5) is 26.2. The Morgan fingerprint density at radius 1 is 1.58 bits per heavy atom. The van der Waals surface area contributed by atoms with Crippen molar-refractivity contribution in [3.05, 3.63) is 27.9 Å². The number of amides is 1. The Balaban J connectivity index is 2.20. The maximum atomic E-state index is 12.0. The van der Waals surface area contributed by atoms with Gasteiger partial charge in [-0.15, -0.1) is 0 Å². The molecule has 7 nitrogen and oxygen atoms in total. The average molecular weight is 264 g/mol. The number of carbonyl (C=O) groups excluding carboxylic acids is 1. The Bertz CT molecular complexity index is 526. The molecule has 19 heavy (non-hydrogen) atoms. The Hall–Kier alpha value is -2.18. The molecule has 0 radical (unpaired) electrons. The van der Waals surface area contributed by atoms with E-state index >= 15 is 0 Å². The number of rotatable bonds is 5. The van der Waals surface area contributed by atoms with Gasteiger partial charge in [0.15, 0.2) is 0 Å². The van der Waals surface area contributed by atoms with E-state index in [1.54, 1.807) is 7.05 Å². The third-order valence-electron chi connectivity index (χ3n) is 3.36. The lowest BCUT2D eigenvalue weighted by Crippen LogP contribution is -2.29. The molecule has 1 aliphatic carbocycles. The van der Waals surface area contributed by atoms with Gasteiger partial charge >= 0.3 is 0 Å². The van der Waals surface area contributed by atoms with E-state index in [1.807, 2.05) is 0 Å². The van der Waals surface area contributed by atoms with Crippen molar-refractivity contribution >= 4 is 17.4 Å². The van der Waals surface area contributed by atoms with Gasteiger partial charge in [-0.2, -0.15) is 0 Å². The van der Waals surface area contributed by atoms with Crippen LogP contribution in [0.5, 0.6) is 0 Å². The van der Waals surface area contributed by atoms with E-state index in [0.717, 1.165) is 19.0 Å². The quantitative estimate of drug-likeness (QED) is 0.621. The highest BCUT2D eigenvalue weighted by atomic mass is 16.6. The molecule has 1 saturated carbocycles. The molecular formula is C12H16N4O3. The molecule has 0 saturated heterocycles. The molecule has 1 fully saturated rings. The molecule has 1 aromatic rings. The molecule has 0 unspecified atom stereocenters. The van der Waals surface area contributed by atoms with Gasteiger partial charge in [-0.25, -0.2) is 4.98 Å². The molecule has 1 aliphatic rings. The first kappa shape index (κ1) is 13.3. The second-order valence-corrected chi connectivity index (χ2v) is 5.09. The highest BCUT2D eigenvalue weighted by molar-refractivity contribution is 5.98. The summed E-state index contributed by atoms with van der Waals surface area (Å²) >= 11 is 0. The van der Waals surface area contributed by atoms with E-state index in [-0.39, 0.29) is 16.7 Å². The minimum Gasteiger partial charge on any atom is -0.373 e. The predicted molar refractivity (Wildman–Crippen MR) is 70.1 cm³/mol. The fraction of sp³-hybridized carbons (Fsp3) is 0.500. The number of hydrogen-bond donors (Lipinski definition) is 2. The molecule has 0 aromatic carbocycles. The lowest BCUT2D eigenvalue weighted by Gasteiger charge is -2.10. The van der Waals surface area contributed by atoms with Gasteiger partial charge in [-0.3, -0.25) is 14.9 Å². The van der Waals surface area contributed by atoms with Gasteiger partial charge in [0.1, 0.15) is 17.6 Å². The van der Waals surface area contributed by atoms with Crippen LogP contribution in [0.25, 0.3) is 0 Å². The van der Waals surface area contributed by atoms with Gasteiger partial charge in [-0.1, -0.05) is 6.92 Å². The molecule has 1 amide bonds. The Morgan fingerprint density at radius 2 is 2.26 bits per heavy atom. The van der Waals surface area contributed by atoms with Crippen LogP contribution in [0.4, 0.5) is 11.5 Å². The van der Waals surface area contributed by atoms with Gasteiger partial charge in [0.2, 0.25) is 0 Å². The third kappa shape index (κ3) is 2.98. The van der Waals surface area contributed by atoms with E-state index < -0.39 is 10.8 Å². The minimum absolute atomic E-state index is 0.0357. The van der Waals surface area contributed by atoms with Crippen molar-refractivity contribution in [3.63, 3.8) is 0 Å². The molecule has 0 bridgehead atoms. The summed E-state index contributed by atoms with van der Waals surface area (Å²) in [6.07, 6.45) is 3.25. The van der Waals surface area contributed by atoms with Gasteiger partial charge in [0.05, 0.1) is 4.92 Å². The molecule has 2 rings (SSSR count). The van der Waals surface area contributed by atoms with Gasteiger partial charge in [0, 0.05) is 19.7 Å². The lowest BCUT2D eigenvalue weighted by atomic mass is 10.1. The molecule has 1 aromatic heterocycles. The second-order valence-electron chi connectivity index (χ2n) is 5.09. The molecule has 1 heterocycles. The zero-order chi connectivity index (χ0) is 14.0. The molecule has 0 atom stereocenters. The number of carbonyl (C=O) groups is 1. The van der Waals surface area contributed by atoms with Crippen LogP contribution in [0, 0.1) is 15.5 Å². The smallest absolute Gasteiger partial charge is 0.300 e. The zero-order valence-corrected chi connectivity index (χ0v) is 10.9. The van der Waals surface area contributed by atoms with Crippen molar-refractivity contribution in [2.24, 2.45) is 5.41 Å². The topological polar surface area (TPSA) is 97.2 Å². The number of nitrogens with zero attached hydrogens (tertiary/aromatic N) is 2. The minimum atomic E-state index is -0.597. The van der Waals surface area contributed by atoms with Gasteiger partial charge in [0.25, 0.3) is 11.6 Å². The van der Waals surface area contributed by atoms with Gasteiger partial charge < -0.3 is 10.6 Å². The summed E-state index contributed by atoms with van der Waals surface area (Å²) in [7, 11) is 1.64. The highest BCUT2D eigenvalue weighted by Gasteiger charge is 2.37. The Labute approximate surface area is 110 Å². The highest BCUT2D eigenvalue weighted by Crippen LogP contribution is 2.44. The first-order valence-electron chi connectivity index (χ1n) is 6.05.